The van der Waals surface area contributed by atoms with Crippen molar-refractivity contribution >= 4 is 12.0 Å². The van der Waals surface area contributed by atoms with Crippen LogP contribution in [0.3, 0.4) is 0 Å². The molecule has 1 rings (SSSR count). The van der Waals surface area contributed by atoms with Crippen molar-refractivity contribution in [1.29, 1.82) is 0 Å². The van der Waals surface area contributed by atoms with Gasteiger partial charge in [-0.2, -0.15) is 29.8 Å². The molecule has 0 fully saturated rings. The summed E-state index contributed by atoms with van der Waals surface area (Å²) in [5.74, 6) is 0. The Labute approximate surface area is 91.0 Å². The van der Waals surface area contributed by atoms with Crippen LogP contribution in [0, 0.1) is 6.07 Å². The van der Waals surface area contributed by atoms with Crippen molar-refractivity contribution in [2.75, 3.05) is 5.73 Å². The van der Waals surface area contributed by atoms with Gasteiger partial charge in [-0.3, -0.25) is 6.29 Å². The number of hydrogen-bond acceptors (Lipinski definition) is 2. The number of nitrogens with two attached hydrogens (primary N) is 1. The number of carbonyl (C=O) groups excluding carboxylic acids is 1. The standard InChI is InChI=1S/C8H7NO.Y/c9-8-3-1-7(2-4-8)5-6-10;/h1,3-4H,5,9H2;/q-2;. The van der Waals surface area contributed by atoms with Gasteiger partial charge in [0, 0.05) is 32.7 Å². The first-order valence-corrected chi connectivity index (χ1v) is 2.94. The zero-order chi connectivity index (χ0) is 7.40. The van der Waals surface area contributed by atoms with Crippen molar-refractivity contribution < 1.29 is 37.5 Å². The molecule has 2 nitrogen and oxygen atoms in total. The Morgan fingerprint density at radius 1 is 1.55 bits per heavy atom. The fourth-order valence-electron chi connectivity index (χ4n) is 0.657. The second-order valence-corrected chi connectivity index (χ2v) is 1.97. The fourth-order valence-corrected chi connectivity index (χ4v) is 0.657. The van der Waals surface area contributed by atoms with Crippen LogP contribution in [0.2, 0.25) is 0 Å². The van der Waals surface area contributed by atoms with E-state index >= 15 is 0 Å². The van der Waals surface area contributed by atoms with Gasteiger partial charge in [0.2, 0.25) is 0 Å². The van der Waals surface area contributed by atoms with Gasteiger partial charge in [0.15, 0.2) is 0 Å². The second kappa shape index (κ2) is 5.45. The third kappa shape index (κ3) is 3.63. The van der Waals surface area contributed by atoms with Gasteiger partial charge in [-0.1, -0.05) is 5.69 Å². The van der Waals surface area contributed by atoms with Crippen LogP contribution in [-0.2, 0) is 43.9 Å². The molecule has 3 heteroatoms. The van der Waals surface area contributed by atoms with Crippen LogP contribution in [0.1, 0.15) is 5.56 Å². The normalized spacial score (nSPS) is 8.36. The predicted octanol–water partition coefficient (Wildman–Crippen LogP) is 0.719. The van der Waals surface area contributed by atoms with E-state index in [1.807, 2.05) is 0 Å². The van der Waals surface area contributed by atoms with E-state index in [-0.39, 0.29) is 32.7 Å². The zero-order valence-corrected chi connectivity index (χ0v) is 8.84. The number of benzene rings is 1. The molecule has 0 aromatic heterocycles. The van der Waals surface area contributed by atoms with E-state index in [9.17, 15) is 4.79 Å². The van der Waals surface area contributed by atoms with Crippen molar-refractivity contribution in [2.45, 2.75) is 6.42 Å². The van der Waals surface area contributed by atoms with E-state index in [1.165, 1.54) is 0 Å². The third-order valence-corrected chi connectivity index (χ3v) is 1.16. The maximum absolute atomic E-state index is 9.88. The summed E-state index contributed by atoms with van der Waals surface area (Å²) >= 11 is 0. The molecule has 0 saturated carbocycles. The second-order valence-electron chi connectivity index (χ2n) is 1.97. The van der Waals surface area contributed by atoms with Gasteiger partial charge in [0.1, 0.15) is 0 Å². The SMILES string of the molecule is Nc1c[c-]c(C[C-]=O)cc1.[Y]. The molecule has 0 aliphatic carbocycles. The van der Waals surface area contributed by atoms with Crippen LogP contribution < -0.4 is 5.73 Å². The predicted molar refractivity (Wildman–Crippen MR) is 39.1 cm³/mol. The summed E-state index contributed by atoms with van der Waals surface area (Å²) < 4.78 is 0. The van der Waals surface area contributed by atoms with E-state index in [4.69, 9.17) is 5.73 Å². The molecule has 0 aliphatic heterocycles. The monoisotopic (exact) mass is 222 g/mol. The fraction of sp³-hybridized carbons (Fsp3) is 0.125. The third-order valence-electron chi connectivity index (χ3n) is 1.16. The van der Waals surface area contributed by atoms with Crippen molar-refractivity contribution in [3.05, 3.63) is 29.8 Å². The minimum absolute atomic E-state index is 0. The first-order valence-electron chi connectivity index (χ1n) is 2.94. The van der Waals surface area contributed by atoms with Crippen molar-refractivity contribution in [3.8, 4) is 0 Å². The van der Waals surface area contributed by atoms with Gasteiger partial charge in [-0.25, -0.2) is 0 Å². The average Bonchev–Trinajstić information content (AvgIpc) is 1.95. The van der Waals surface area contributed by atoms with Gasteiger partial charge in [0.25, 0.3) is 0 Å². The molecule has 0 atom stereocenters. The molecular weight excluding hydrogens is 215 g/mol. The molecule has 1 radical (unpaired) electrons. The summed E-state index contributed by atoms with van der Waals surface area (Å²) in [4.78, 5) is 9.88. The summed E-state index contributed by atoms with van der Waals surface area (Å²) in [5, 5.41) is 0. The molecule has 0 heterocycles. The first-order chi connectivity index (χ1) is 4.83. The van der Waals surface area contributed by atoms with Gasteiger partial charge < -0.3 is 10.5 Å². The maximum Gasteiger partial charge on any atom is 0 e. The molecule has 11 heavy (non-hydrogen) atoms. The molecule has 1 aromatic carbocycles. The number of rotatable bonds is 2. The Kier molecular flexibility index (Phi) is 5.34. The summed E-state index contributed by atoms with van der Waals surface area (Å²) in [6.45, 7) is 0. The van der Waals surface area contributed by atoms with E-state index in [0.29, 0.717) is 12.1 Å². The zero-order valence-electron chi connectivity index (χ0n) is 6.00. The van der Waals surface area contributed by atoms with Crippen LogP contribution >= 0.6 is 0 Å². The molecule has 0 saturated heterocycles. The Morgan fingerprint density at radius 2 is 2.27 bits per heavy atom. The van der Waals surface area contributed by atoms with Gasteiger partial charge in [-0.15, -0.1) is 6.42 Å². The molecule has 1 aromatic rings. The van der Waals surface area contributed by atoms with Gasteiger partial charge in [0.05, 0.1) is 0 Å². The quantitative estimate of drug-likeness (QED) is 0.591. The van der Waals surface area contributed by atoms with E-state index in [2.05, 4.69) is 6.07 Å². The number of nitrogen functional groups attached to an aromatic ring is 1. The van der Waals surface area contributed by atoms with Gasteiger partial charge in [-0.05, 0) is 0 Å². The molecule has 0 aliphatic rings. The first kappa shape index (κ1) is 10.8. The Bertz CT molecular complexity index is 220. The van der Waals surface area contributed by atoms with Crippen molar-refractivity contribution in [3.63, 3.8) is 0 Å². The molecule has 0 spiro atoms. The molecule has 0 bridgehead atoms. The molecule has 0 amide bonds. The molecular formula is C8H7NOY-2. The van der Waals surface area contributed by atoms with Crippen molar-refractivity contribution in [2.24, 2.45) is 0 Å². The smallest absolute Gasteiger partial charge is 0 e. The van der Waals surface area contributed by atoms with Crippen LogP contribution in [0.25, 0.3) is 0 Å². The average molecular weight is 222 g/mol. The Hall–Kier alpha value is -0.206. The van der Waals surface area contributed by atoms with Gasteiger partial charge >= 0.3 is 0 Å². The molecule has 2 N–H and O–H groups in total. The summed E-state index contributed by atoms with van der Waals surface area (Å²) in [6, 6.07) is 8.00. The largest absolute Gasteiger partial charge is 0.542 e. The van der Waals surface area contributed by atoms with Crippen LogP contribution in [-0.4, -0.2) is 6.29 Å². The summed E-state index contributed by atoms with van der Waals surface area (Å²) in [7, 11) is 0. The van der Waals surface area contributed by atoms with Crippen LogP contribution in [0.5, 0.6) is 0 Å². The minimum atomic E-state index is 0. The van der Waals surface area contributed by atoms with Crippen molar-refractivity contribution in [1.82, 2.24) is 0 Å². The minimum Gasteiger partial charge on any atom is -0.542 e. The van der Waals surface area contributed by atoms with Crippen LogP contribution in [0.15, 0.2) is 18.2 Å². The number of hydrogen-bond donors (Lipinski definition) is 1. The molecule has 55 valence electrons. The topological polar surface area (TPSA) is 43.1 Å². The van der Waals surface area contributed by atoms with E-state index in [1.54, 1.807) is 24.5 Å². The number of anilines is 1. The summed E-state index contributed by atoms with van der Waals surface area (Å²) in [5.41, 5.74) is 6.88. The Morgan fingerprint density at radius 3 is 2.73 bits per heavy atom. The van der Waals surface area contributed by atoms with E-state index in [0.717, 1.165) is 5.56 Å². The summed E-state index contributed by atoms with van der Waals surface area (Å²) in [6.07, 6.45) is 2.07. The van der Waals surface area contributed by atoms with E-state index < -0.39 is 0 Å². The Balaban J connectivity index is 0.000001000. The maximum atomic E-state index is 9.88. The molecule has 0 unspecified atom stereocenters. The van der Waals surface area contributed by atoms with Crippen LogP contribution in [0.4, 0.5) is 5.69 Å².